The molecule has 0 saturated carbocycles. The van der Waals surface area contributed by atoms with Crippen molar-refractivity contribution in [1.82, 2.24) is 20.3 Å². The molecule has 1 unspecified atom stereocenters. The summed E-state index contributed by atoms with van der Waals surface area (Å²) in [5.74, 6) is 0.690. The second-order valence-corrected chi connectivity index (χ2v) is 7.63. The highest BCUT2D eigenvalue weighted by Crippen LogP contribution is 2.26. The number of carbonyl (C=O) groups is 1. The first-order chi connectivity index (χ1) is 12.5. The molecule has 2 aromatic rings. The van der Waals surface area contributed by atoms with Crippen LogP contribution in [0.1, 0.15) is 18.9 Å². The number of carbonyl (C=O) groups excluding carboxylic acids is 1. The molecule has 0 bridgehead atoms. The maximum Gasteiger partial charge on any atom is 0.231 e. The number of nitrogens with one attached hydrogen (secondary N) is 1. The van der Waals surface area contributed by atoms with Gasteiger partial charge in [0, 0.05) is 45.7 Å². The topological polar surface area (TPSA) is 77.9 Å². The van der Waals surface area contributed by atoms with Gasteiger partial charge in [0.05, 0.1) is 15.2 Å². The van der Waals surface area contributed by atoms with Crippen LogP contribution in [0.5, 0.6) is 5.75 Å². The quantitative estimate of drug-likeness (QED) is 0.756. The number of benzene rings is 1. The lowest BCUT2D eigenvalue weighted by Gasteiger charge is -2.35. The number of amides is 1. The molecule has 1 aromatic heterocycles. The number of rotatable bonds is 7. The van der Waals surface area contributed by atoms with Crippen LogP contribution in [-0.4, -0.2) is 71.3 Å². The van der Waals surface area contributed by atoms with Crippen LogP contribution >= 0.6 is 11.3 Å². The Hall–Kier alpha value is -1.74. The van der Waals surface area contributed by atoms with Crippen LogP contribution in [0.3, 0.4) is 0 Å². The van der Waals surface area contributed by atoms with Crippen LogP contribution in [0.15, 0.2) is 18.2 Å². The van der Waals surface area contributed by atoms with Gasteiger partial charge in [-0.3, -0.25) is 15.1 Å². The summed E-state index contributed by atoms with van der Waals surface area (Å²) in [6, 6.07) is 5.89. The highest BCUT2D eigenvalue weighted by atomic mass is 32.1. The standard InChI is InChI=1S/C18H26N4O3S/c1-3-18-19-16-10-15(4-5-17(16)26-18)25-12-14(24)11-21-6-8-22(9-7-21)20-13(2)23/h4-5,10,14,24H,3,6-9,11-12H2,1-2H3,(H,20,23). The van der Waals surface area contributed by atoms with Crippen LogP contribution < -0.4 is 10.2 Å². The molecule has 2 N–H and O–H groups in total. The average Bonchev–Trinajstić information content (AvgIpc) is 3.03. The molecule has 1 saturated heterocycles. The number of aryl methyl sites for hydroxylation is 1. The van der Waals surface area contributed by atoms with E-state index in [1.807, 2.05) is 23.2 Å². The first kappa shape index (κ1) is 19.0. The minimum absolute atomic E-state index is 0.0463. The number of aromatic nitrogens is 1. The minimum Gasteiger partial charge on any atom is -0.491 e. The predicted octanol–water partition coefficient (Wildman–Crippen LogP) is 1.27. The van der Waals surface area contributed by atoms with Gasteiger partial charge in [0.15, 0.2) is 0 Å². The number of aliphatic hydroxyl groups excluding tert-OH is 1. The summed E-state index contributed by atoms with van der Waals surface area (Å²) < 4.78 is 6.91. The molecule has 8 heteroatoms. The second kappa shape index (κ2) is 8.77. The number of hydrogen-bond acceptors (Lipinski definition) is 7. The van der Waals surface area contributed by atoms with Gasteiger partial charge < -0.3 is 9.84 Å². The fraction of sp³-hybridized carbons (Fsp3) is 0.556. The molecule has 7 nitrogen and oxygen atoms in total. The van der Waals surface area contributed by atoms with E-state index in [9.17, 15) is 9.90 Å². The van der Waals surface area contributed by atoms with Gasteiger partial charge in [0.25, 0.3) is 0 Å². The summed E-state index contributed by atoms with van der Waals surface area (Å²) in [7, 11) is 0. The van der Waals surface area contributed by atoms with E-state index < -0.39 is 6.10 Å². The van der Waals surface area contributed by atoms with Crippen LogP contribution in [0.25, 0.3) is 10.2 Å². The van der Waals surface area contributed by atoms with E-state index in [2.05, 4.69) is 22.2 Å². The number of thiazole rings is 1. The van der Waals surface area contributed by atoms with Crippen LogP contribution in [0, 0.1) is 0 Å². The van der Waals surface area contributed by atoms with Crippen LogP contribution in [-0.2, 0) is 11.2 Å². The zero-order valence-corrected chi connectivity index (χ0v) is 16.1. The molecule has 3 rings (SSSR count). The van der Waals surface area contributed by atoms with Gasteiger partial charge >= 0.3 is 0 Å². The third-order valence-corrected chi connectivity index (χ3v) is 5.49. The monoisotopic (exact) mass is 378 g/mol. The number of fused-ring (bicyclic) bond motifs is 1. The van der Waals surface area contributed by atoms with Gasteiger partial charge in [-0.15, -0.1) is 11.3 Å². The maximum atomic E-state index is 11.1. The number of piperazine rings is 1. The summed E-state index contributed by atoms with van der Waals surface area (Å²) in [5.41, 5.74) is 3.75. The molecule has 142 valence electrons. The fourth-order valence-electron chi connectivity index (χ4n) is 3.00. The van der Waals surface area contributed by atoms with E-state index in [4.69, 9.17) is 4.74 Å². The Balaban J connectivity index is 1.44. The molecule has 0 spiro atoms. The molecule has 1 aliphatic heterocycles. The van der Waals surface area contributed by atoms with Crippen molar-refractivity contribution in [2.75, 3.05) is 39.3 Å². The van der Waals surface area contributed by atoms with Gasteiger partial charge in [0.2, 0.25) is 5.91 Å². The molecule has 1 amide bonds. The summed E-state index contributed by atoms with van der Waals surface area (Å²) >= 11 is 1.70. The molecule has 0 aliphatic carbocycles. The first-order valence-corrected chi connectivity index (χ1v) is 9.80. The number of hydrogen-bond donors (Lipinski definition) is 2. The van der Waals surface area contributed by atoms with Gasteiger partial charge in [-0.05, 0) is 18.6 Å². The Bertz CT molecular complexity index is 743. The summed E-state index contributed by atoms with van der Waals surface area (Å²) in [6.45, 7) is 7.56. The highest BCUT2D eigenvalue weighted by molar-refractivity contribution is 7.18. The lowest BCUT2D eigenvalue weighted by Crippen LogP contribution is -2.54. The van der Waals surface area contributed by atoms with Crippen molar-refractivity contribution in [1.29, 1.82) is 0 Å². The zero-order chi connectivity index (χ0) is 18.5. The van der Waals surface area contributed by atoms with E-state index in [0.29, 0.717) is 6.54 Å². The lowest BCUT2D eigenvalue weighted by molar-refractivity contribution is -0.124. The molecule has 26 heavy (non-hydrogen) atoms. The Labute approximate surface area is 157 Å². The van der Waals surface area contributed by atoms with E-state index in [1.165, 1.54) is 6.92 Å². The van der Waals surface area contributed by atoms with Crippen molar-refractivity contribution in [3.63, 3.8) is 0 Å². The largest absolute Gasteiger partial charge is 0.491 e. The molecule has 1 fully saturated rings. The molecule has 1 aliphatic rings. The minimum atomic E-state index is -0.556. The van der Waals surface area contributed by atoms with E-state index in [0.717, 1.165) is 53.6 Å². The third-order valence-electron chi connectivity index (χ3n) is 4.30. The maximum absolute atomic E-state index is 11.1. The van der Waals surface area contributed by atoms with Crippen LogP contribution in [0.4, 0.5) is 0 Å². The van der Waals surface area contributed by atoms with Gasteiger partial charge in [-0.2, -0.15) is 0 Å². The van der Waals surface area contributed by atoms with Crippen molar-refractivity contribution >= 4 is 27.5 Å². The van der Waals surface area contributed by atoms with Gasteiger partial charge in [0.1, 0.15) is 18.5 Å². The predicted molar refractivity (Wildman–Crippen MR) is 102 cm³/mol. The average molecular weight is 378 g/mol. The smallest absolute Gasteiger partial charge is 0.231 e. The SMILES string of the molecule is CCc1nc2cc(OCC(O)CN3CCN(NC(C)=O)CC3)ccc2s1. The number of ether oxygens (including phenoxy) is 1. The molecular formula is C18H26N4O3S. The molecular weight excluding hydrogens is 352 g/mol. The van der Waals surface area contributed by atoms with Gasteiger partial charge in [-0.1, -0.05) is 6.92 Å². The summed E-state index contributed by atoms with van der Waals surface area (Å²) in [5, 5.41) is 13.3. The normalized spacial score (nSPS) is 17.3. The van der Waals surface area contributed by atoms with Crippen molar-refractivity contribution < 1.29 is 14.6 Å². The Morgan fingerprint density at radius 2 is 2.15 bits per heavy atom. The Kier molecular flexibility index (Phi) is 6.42. The van der Waals surface area contributed by atoms with Crippen LogP contribution in [0.2, 0.25) is 0 Å². The third kappa shape index (κ3) is 5.14. The second-order valence-electron chi connectivity index (χ2n) is 6.51. The van der Waals surface area contributed by atoms with E-state index >= 15 is 0 Å². The molecule has 1 atom stereocenters. The van der Waals surface area contributed by atoms with Crippen molar-refractivity contribution in [2.45, 2.75) is 26.4 Å². The number of nitrogens with zero attached hydrogens (tertiary/aromatic N) is 3. The number of β-amino-alcohol motifs (C(OH)–C–C–N with tert-alkyl or cyclic N) is 1. The number of hydrazine groups is 1. The Morgan fingerprint density at radius 3 is 2.85 bits per heavy atom. The van der Waals surface area contributed by atoms with Crippen molar-refractivity contribution in [3.05, 3.63) is 23.2 Å². The summed E-state index contributed by atoms with van der Waals surface area (Å²) in [4.78, 5) is 17.8. The lowest BCUT2D eigenvalue weighted by atomic mass is 10.3. The van der Waals surface area contributed by atoms with Crippen molar-refractivity contribution in [2.24, 2.45) is 0 Å². The molecule has 0 radical (unpaired) electrons. The zero-order valence-electron chi connectivity index (χ0n) is 15.3. The molecule has 1 aromatic carbocycles. The van der Waals surface area contributed by atoms with E-state index in [-0.39, 0.29) is 12.5 Å². The first-order valence-electron chi connectivity index (χ1n) is 8.98. The summed E-state index contributed by atoms with van der Waals surface area (Å²) in [6.07, 6.45) is 0.378. The Morgan fingerprint density at radius 1 is 1.38 bits per heavy atom. The van der Waals surface area contributed by atoms with Crippen molar-refractivity contribution in [3.8, 4) is 5.75 Å². The molecule has 2 heterocycles. The van der Waals surface area contributed by atoms with Gasteiger partial charge in [-0.25, -0.2) is 9.99 Å². The fourth-order valence-corrected chi connectivity index (χ4v) is 3.89. The van der Waals surface area contributed by atoms with E-state index in [1.54, 1.807) is 11.3 Å². The highest BCUT2D eigenvalue weighted by Gasteiger charge is 2.20. The number of aliphatic hydroxyl groups is 1.